The fraction of sp³-hybridized carbons (Fsp3) is 0.429. The summed E-state index contributed by atoms with van der Waals surface area (Å²) in [5, 5.41) is 15.0. The van der Waals surface area contributed by atoms with Crippen molar-refractivity contribution < 1.29 is 70.4 Å². The second kappa shape index (κ2) is 28.6. The number of halogens is 3. The fourth-order valence-corrected chi connectivity index (χ4v) is 9.01. The van der Waals surface area contributed by atoms with Crippen molar-refractivity contribution in [2.75, 3.05) is 123 Å². The van der Waals surface area contributed by atoms with Gasteiger partial charge in [0.05, 0.1) is 114 Å². The monoisotopic (exact) mass is 1110 g/mol. The Hall–Kier alpha value is -7.47. The molecule has 3 aromatic carbocycles. The third-order valence-corrected chi connectivity index (χ3v) is 13.3. The number of imide groups is 2. The zero-order valence-electron chi connectivity index (χ0n) is 44.1. The molecule has 4 N–H and O–H groups in total. The van der Waals surface area contributed by atoms with Crippen molar-refractivity contribution in [2.45, 2.75) is 44.9 Å². The van der Waals surface area contributed by atoms with Gasteiger partial charge in [0.25, 0.3) is 17.7 Å². The summed E-state index contributed by atoms with van der Waals surface area (Å²) in [7, 11) is 0. The molecular weight excluding hydrogens is 1050 g/mol. The van der Waals surface area contributed by atoms with Crippen LogP contribution < -0.4 is 16.0 Å². The highest BCUT2D eigenvalue weighted by Crippen LogP contribution is 2.35. The Morgan fingerprint density at radius 1 is 0.738 bits per heavy atom. The van der Waals surface area contributed by atoms with Gasteiger partial charge in [-0.15, -0.1) is 0 Å². The maximum Gasteiger partial charge on any atom is 0.416 e. The summed E-state index contributed by atoms with van der Waals surface area (Å²) in [4.78, 5) is 85.4. The van der Waals surface area contributed by atoms with Crippen LogP contribution in [0.4, 0.5) is 24.5 Å². The van der Waals surface area contributed by atoms with Crippen LogP contribution in [0, 0.1) is 18.8 Å². The molecule has 0 radical (unpaired) electrons. The molecule has 8 rings (SSSR count). The van der Waals surface area contributed by atoms with E-state index in [4.69, 9.17) is 28.4 Å². The van der Waals surface area contributed by atoms with E-state index < -0.39 is 53.2 Å². The number of benzene rings is 3. The Morgan fingerprint density at radius 3 is 2.08 bits per heavy atom. The number of piperidine rings is 1. The van der Waals surface area contributed by atoms with E-state index in [0.717, 1.165) is 21.9 Å². The molecule has 80 heavy (non-hydrogen) atoms. The molecule has 2 fully saturated rings. The molecule has 1 atom stereocenters. The highest BCUT2D eigenvalue weighted by molar-refractivity contribution is 6.26. The summed E-state index contributed by atoms with van der Waals surface area (Å²) in [6.07, 6.45) is -1.36. The summed E-state index contributed by atoms with van der Waals surface area (Å²) in [5.74, 6) is 2.57. The lowest BCUT2D eigenvalue weighted by Crippen LogP contribution is -2.54. The minimum absolute atomic E-state index is 0.00157. The van der Waals surface area contributed by atoms with Crippen LogP contribution in [0.5, 0.6) is 0 Å². The van der Waals surface area contributed by atoms with Crippen molar-refractivity contribution in [3.8, 4) is 11.8 Å². The number of fused-ring (bicyclic) bond motifs is 2. The first-order chi connectivity index (χ1) is 38.7. The molecule has 5 heterocycles. The lowest BCUT2D eigenvalue weighted by Gasteiger charge is -2.35. The minimum Gasteiger partial charge on any atom is -0.379 e. The number of nitrogens with zero attached hydrogens (tertiary/aromatic N) is 5. The normalized spacial score (nSPS) is 15.9. The zero-order chi connectivity index (χ0) is 56.4. The van der Waals surface area contributed by atoms with Gasteiger partial charge < -0.3 is 39.1 Å². The average molecular weight is 1110 g/mol. The Kier molecular flexibility index (Phi) is 21.0. The molecule has 0 saturated carbocycles. The van der Waals surface area contributed by atoms with Gasteiger partial charge in [-0.3, -0.25) is 53.9 Å². The van der Waals surface area contributed by atoms with Gasteiger partial charge in [0.15, 0.2) is 5.65 Å². The number of piperazine rings is 1. The van der Waals surface area contributed by atoms with Gasteiger partial charge in [-0.05, 0) is 66.9 Å². The number of aryl methyl sites for hydroxylation is 1. The first kappa shape index (κ1) is 58.7. The Balaban J connectivity index is 0.606. The number of hydrogen-bond donors (Lipinski definition) is 4. The van der Waals surface area contributed by atoms with E-state index in [-0.39, 0.29) is 79.3 Å². The van der Waals surface area contributed by atoms with Crippen LogP contribution >= 0.6 is 0 Å². The van der Waals surface area contributed by atoms with Gasteiger partial charge in [-0.2, -0.15) is 18.3 Å². The van der Waals surface area contributed by atoms with Crippen LogP contribution in [0.25, 0.3) is 11.0 Å². The summed E-state index contributed by atoms with van der Waals surface area (Å²) < 4.78 is 76.5. The van der Waals surface area contributed by atoms with Crippen LogP contribution in [0.2, 0.25) is 0 Å². The molecule has 0 bridgehead atoms. The van der Waals surface area contributed by atoms with Crippen molar-refractivity contribution in [1.29, 1.82) is 0 Å². The standard InChI is InChI=1S/C56H62F3N9O12/c1-37-5-7-40(32-39(37)8-6-38-31-42-35-61-65-51(42)60-34-38)52(71)62-43-10-9-41(45(33-43)56(57,58)59)36-67-16-14-66(15-17-67)18-20-76-22-24-78-26-28-80-30-29-79-27-25-77-23-21-75-19-13-49(70)63-46-4-2-3-44-50(46)55(74)68(54(44)73)47-11-12-48(69)64-53(47)72/h2-5,7,9-10,31-35,47H,11-30,36H2,1H3,(H,62,71)(H,63,70)(H,60,61,65)(H,64,69,72). The molecule has 2 saturated heterocycles. The first-order valence-corrected chi connectivity index (χ1v) is 26.2. The summed E-state index contributed by atoms with van der Waals surface area (Å²) in [5.41, 5.74) is 2.57. The van der Waals surface area contributed by atoms with E-state index in [0.29, 0.717) is 109 Å². The highest BCUT2D eigenvalue weighted by atomic mass is 19.4. The van der Waals surface area contributed by atoms with Crippen LogP contribution in [0.1, 0.15) is 78.2 Å². The van der Waals surface area contributed by atoms with Crippen molar-refractivity contribution in [1.82, 2.24) is 35.2 Å². The van der Waals surface area contributed by atoms with Crippen molar-refractivity contribution in [3.63, 3.8) is 0 Å². The lowest BCUT2D eigenvalue weighted by molar-refractivity contribution is -0.138. The van der Waals surface area contributed by atoms with E-state index in [9.17, 15) is 41.9 Å². The molecule has 24 heteroatoms. The van der Waals surface area contributed by atoms with Crippen LogP contribution in [-0.4, -0.2) is 183 Å². The van der Waals surface area contributed by atoms with Gasteiger partial charge in [0.1, 0.15) is 6.04 Å². The predicted octanol–water partition coefficient (Wildman–Crippen LogP) is 4.58. The SMILES string of the molecule is Cc1ccc(C(=O)Nc2ccc(CN3CCN(CCOCCOCCOCCOCCOCCOCCC(=O)Nc4cccc5c4C(=O)N(C4CCC(=O)NC4=O)C5=O)CC3)c(C(F)(F)F)c2)cc1C#Cc1cnc2[nH]ncc2c1. The van der Waals surface area contributed by atoms with Gasteiger partial charge in [0.2, 0.25) is 17.7 Å². The highest BCUT2D eigenvalue weighted by Gasteiger charge is 2.46. The molecule has 6 amide bonds. The smallest absolute Gasteiger partial charge is 0.379 e. The molecular formula is C56H62F3N9O12. The number of amides is 6. The number of pyridine rings is 1. The molecule has 1 unspecified atom stereocenters. The second-order valence-corrected chi connectivity index (χ2v) is 18.9. The van der Waals surface area contributed by atoms with Crippen LogP contribution in [0.15, 0.2) is 73.1 Å². The van der Waals surface area contributed by atoms with Crippen LogP contribution in [-0.2, 0) is 55.5 Å². The lowest BCUT2D eigenvalue weighted by atomic mass is 10.0. The molecule has 2 aromatic heterocycles. The number of carbonyl (C=O) groups is 6. The topological polar surface area (TPSA) is 245 Å². The van der Waals surface area contributed by atoms with E-state index >= 15 is 0 Å². The number of rotatable bonds is 27. The minimum atomic E-state index is -4.63. The molecule has 3 aliphatic heterocycles. The Morgan fingerprint density at radius 2 is 1.40 bits per heavy atom. The third kappa shape index (κ3) is 16.3. The van der Waals surface area contributed by atoms with E-state index in [1.807, 2.05) is 17.9 Å². The molecule has 3 aliphatic rings. The summed E-state index contributed by atoms with van der Waals surface area (Å²) in [6.45, 7) is 9.28. The largest absolute Gasteiger partial charge is 0.416 e. The number of nitrogens with one attached hydrogen (secondary N) is 4. The zero-order valence-corrected chi connectivity index (χ0v) is 44.1. The van der Waals surface area contributed by atoms with Crippen molar-refractivity contribution in [3.05, 3.63) is 118 Å². The second-order valence-electron chi connectivity index (χ2n) is 18.9. The summed E-state index contributed by atoms with van der Waals surface area (Å²) >= 11 is 0. The number of carbonyl (C=O) groups excluding carboxylic acids is 6. The van der Waals surface area contributed by atoms with E-state index in [2.05, 4.69) is 47.9 Å². The number of anilines is 2. The van der Waals surface area contributed by atoms with Gasteiger partial charge in [-0.25, -0.2) is 4.98 Å². The predicted molar refractivity (Wildman–Crippen MR) is 283 cm³/mol. The van der Waals surface area contributed by atoms with Gasteiger partial charge in [-0.1, -0.05) is 30.0 Å². The summed E-state index contributed by atoms with van der Waals surface area (Å²) in [6, 6.07) is 14.1. The molecule has 21 nitrogen and oxygen atoms in total. The van der Waals surface area contributed by atoms with E-state index in [1.165, 1.54) is 30.3 Å². The first-order valence-electron chi connectivity index (χ1n) is 26.2. The maximum absolute atomic E-state index is 14.4. The number of alkyl halides is 3. The van der Waals surface area contributed by atoms with Gasteiger partial charge in [0, 0.05) is 79.7 Å². The third-order valence-electron chi connectivity index (χ3n) is 13.3. The number of aromatic amines is 1. The van der Waals surface area contributed by atoms with Crippen molar-refractivity contribution >= 4 is 57.9 Å². The molecule has 424 valence electrons. The van der Waals surface area contributed by atoms with Crippen LogP contribution in [0.3, 0.4) is 0 Å². The fourth-order valence-electron chi connectivity index (χ4n) is 9.01. The Labute approximate surface area is 459 Å². The average Bonchev–Trinajstić information content (AvgIpc) is 4.18. The van der Waals surface area contributed by atoms with Crippen molar-refractivity contribution in [2.24, 2.45) is 0 Å². The maximum atomic E-state index is 14.4. The number of hydrogen-bond acceptors (Lipinski definition) is 16. The molecule has 5 aromatic rings. The quantitative estimate of drug-likeness (QED) is 0.0319. The molecule has 0 aliphatic carbocycles. The Bertz CT molecular complexity index is 3080. The van der Waals surface area contributed by atoms with Gasteiger partial charge >= 0.3 is 6.18 Å². The number of aromatic nitrogens is 3. The number of ether oxygens (including phenoxy) is 6. The van der Waals surface area contributed by atoms with E-state index in [1.54, 1.807) is 30.6 Å². The number of H-pyrrole nitrogens is 1. The molecule has 0 spiro atoms.